The summed E-state index contributed by atoms with van der Waals surface area (Å²) in [7, 11) is -3.45. The number of carbonyl (C=O) groups excluding carboxylic acids is 1. The number of nitrogens with one attached hydrogen (secondary N) is 1. The van der Waals surface area contributed by atoms with Crippen molar-refractivity contribution < 1.29 is 13.2 Å². The molecule has 3 rings (SSSR count). The fourth-order valence-corrected chi connectivity index (χ4v) is 4.10. The first-order chi connectivity index (χ1) is 14.6. The zero-order valence-electron chi connectivity index (χ0n) is 17.3. The summed E-state index contributed by atoms with van der Waals surface area (Å²) in [6, 6.07) is 7.95. The Morgan fingerprint density at radius 1 is 1.19 bits per heavy atom. The number of aromatic nitrogens is 3. The summed E-state index contributed by atoms with van der Waals surface area (Å²) < 4.78 is 25.3. The lowest BCUT2D eigenvalue weighted by molar-refractivity contribution is 0.0933. The molecule has 0 aliphatic rings. The van der Waals surface area contributed by atoms with E-state index < -0.39 is 9.84 Å². The minimum Gasteiger partial charge on any atom is -0.345 e. The number of amides is 1. The Morgan fingerprint density at radius 2 is 1.94 bits per heavy atom. The molecule has 0 radical (unpaired) electrons. The molecule has 0 bridgehead atoms. The van der Waals surface area contributed by atoms with Gasteiger partial charge < -0.3 is 5.32 Å². The van der Waals surface area contributed by atoms with Crippen molar-refractivity contribution in [1.29, 1.82) is 0 Å². The normalized spacial score (nSPS) is 12.5. The molecule has 0 fully saturated rings. The van der Waals surface area contributed by atoms with Gasteiger partial charge in [-0.05, 0) is 49.2 Å². The second-order valence-electron chi connectivity index (χ2n) is 7.17. The van der Waals surface area contributed by atoms with Gasteiger partial charge in [0.25, 0.3) is 5.91 Å². The summed E-state index contributed by atoms with van der Waals surface area (Å²) in [5.74, 6) is -0.306. The molecule has 0 aliphatic carbocycles. The van der Waals surface area contributed by atoms with E-state index in [1.165, 1.54) is 18.5 Å². The quantitative estimate of drug-likeness (QED) is 0.534. The smallest absolute Gasteiger partial charge is 0.255 e. The number of benzene rings is 1. The van der Waals surface area contributed by atoms with Crippen LogP contribution in [0.4, 0.5) is 0 Å². The van der Waals surface area contributed by atoms with Crippen LogP contribution in [0.1, 0.15) is 47.4 Å². The second kappa shape index (κ2) is 9.38. The van der Waals surface area contributed by atoms with E-state index in [4.69, 9.17) is 23.2 Å². The van der Waals surface area contributed by atoms with Crippen molar-refractivity contribution in [3.8, 4) is 5.69 Å². The van der Waals surface area contributed by atoms with Crippen molar-refractivity contribution in [1.82, 2.24) is 20.1 Å². The minimum atomic E-state index is -3.45. The summed E-state index contributed by atoms with van der Waals surface area (Å²) in [5.41, 5.74) is 2.41. The summed E-state index contributed by atoms with van der Waals surface area (Å²) in [6.45, 7) is 3.78. The molecule has 3 aromatic rings. The first kappa shape index (κ1) is 23.2. The highest BCUT2D eigenvalue weighted by Gasteiger charge is 2.21. The zero-order chi connectivity index (χ0) is 22.8. The van der Waals surface area contributed by atoms with Crippen LogP contribution in [0.3, 0.4) is 0 Å². The van der Waals surface area contributed by atoms with Crippen molar-refractivity contribution in [2.75, 3.05) is 6.26 Å². The van der Waals surface area contributed by atoms with Crippen molar-refractivity contribution in [2.24, 2.45) is 0 Å². The number of pyridine rings is 1. The molecule has 10 heteroatoms. The molecule has 2 heterocycles. The van der Waals surface area contributed by atoms with Crippen molar-refractivity contribution in [2.45, 2.75) is 37.8 Å². The summed E-state index contributed by atoms with van der Waals surface area (Å²) in [6.07, 6.45) is 5.47. The van der Waals surface area contributed by atoms with Crippen LogP contribution in [0.25, 0.3) is 5.69 Å². The van der Waals surface area contributed by atoms with Crippen LogP contribution in [0, 0.1) is 6.92 Å². The molecule has 31 heavy (non-hydrogen) atoms. The van der Waals surface area contributed by atoms with Crippen LogP contribution in [0.2, 0.25) is 10.0 Å². The van der Waals surface area contributed by atoms with Gasteiger partial charge in [-0.3, -0.25) is 4.79 Å². The Bertz CT molecular complexity index is 1230. The standard InChI is InChI=1S/C21H22Cl2N4O3S/c1-4-5-19(14-8-9-24-20(10-14)31(3,29)30)26-21(28)16-12-25-27(13(16)2)15-6-7-17(22)18(23)11-15/h6-12,19H,4-5H2,1-3H3,(H,26,28). The largest absolute Gasteiger partial charge is 0.345 e. The minimum absolute atomic E-state index is 0.0241. The number of halogens is 2. The molecule has 0 aliphatic heterocycles. The van der Waals surface area contributed by atoms with Gasteiger partial charge in [-0.25, -0.2) is 18.1 Å². The van der Waals surface area contributed by atoms with Crippen LogP contribution < -0.4 is 5.32 Å². The number of sulfone groups is 1. The van der Waals surface area contributed by atoms with E-state index in [2.05, 4.69) is 15.4 Å². The van der Waals surface area contributed by atoms with E-state index in [-0.39, 0.29) is 17.0 Å². The third kappa shape index (κ3) is 5.26. The van der Waals surface area contributed by atoms with Gasteiger partial charge in [0.1, 0.15) is 0 Å². The second-order valence-corrected chi connectivity index (χ2v) is 9.95. The van der Waals surface area contributed by atoms with Crippen LogP contribution in [-0.4, -0.2) is 35.3 Å². The highest BCUT2D eigenvalue weighted by Crippen LogP contribution is 2.26. The van der Waals surface area contributed by atoms with Crippen molar-refractivity contribution in [3.63, 3.8) is 0 Å². The van der Waals surface area contributed by atoms with Gasteiger partial charge in [-0.2, -0.15) is 5.10 Å². The monoisotopic (exact) mass is 480 g/mol. The van der Waals surface area contributed by atoms with Gasteiger partial charge in [-0.15, -0.1) is 0 Å². The van der Waals surface area contributed by atoms with Gasteiger partial charge in [0.2, 0.25) is 0 Å². The van der Waals surface area contributed by atoms with E-state index in [1.54, 1.807) is 35.9 Å². The fraction of sp³-hybridized carbons (Fsp3) is 0.286. The highest BCUT2D eigenvalue weighted by atomic mass is 35.5. The fourth-order valence-electron chi connectivity index (χ4n) is 3.20. The molecule has 1 amide bonds. The molecule has 164 valence electrons. The SMILES string of the molecule is CCCC(NC(=O)c1cnn(-c2ccc(Cl)c(Cl)c2)c1C)c1ccnc(S(C)(=O)=O)c1. The molecule has 1 unspecified atom stereocenters. The topological polar surface area (TPSA) is 93.9 Å². The number of carbonyl (C=O) groups is 1. The molecule has 0 saturated heterocycles. The molecule has 0 spiro atoms. The van der Waals surface area contributed by atoms with Crippen LogP contribution in [0.15, 0.2) is 47.8 Å². The molecular formula is C21H22Cl2N4O3S. The Kier molecular flexibility index (Phi) is 7.03. The number of nitrogens with zero attached hydrogens (tertiary/aromatic N) is 3. The number of hydrogen-bond donors (Lipinski definition) is 1. The Balaban J connectivity index is 1.88. The Labute approximate surface area is 191 Å². The van der Waals surface area contributed by atoms with Gasteiger partial charge in [-0.1, -0.05) is 36.5 Å². The van der Waals surface area contributed by atoms with Gasteiger partial charge >= 0.3 is 0 Å². The van der Waals surface area contributed by atoms with Gasteiger partial charge in [0, 0.05) is 12.5 Å². The third-order valence-corrected chi connectivity index (χ3v) is 6.55. The van der Waals surface area contributed by atoms with E-state index in [0.717, 1.165) is 12.7 Å². The third-order valence-electron chi connectivity index (χ3n) is 4.83. The van der Waals surface area contributed by atoms with E-state index in [1.807, 2.05) is 6.92 Å². The molecular weight excluding hydrogens is 459 g/mol. The average molecular weight is 481 g/mol. The van der Waals surface area contributed by atoms with Gasteiger partial charge in [0.15, 0.2) is 14.9 Å². The van der Waals surface area contributed by atoms with Crippen molar-refractivity contribution >= 4 is 38.9 Å². The lowest BCUT2D eigenvalue weighted by Crippen LogP contribution is -2.29. The lowest BCUT2D eigenvalue weighted by Gasteiger charge is -2.19. The number of hydrogen-bond acceptors (Lipinski definition) is 5. The summed E-state index contributed by atoms with van der Waals surface area (Å²) >= 11 is 12.1. The van der Waals surface area contributed by atoms with Gasteiger partial charge in [0.05, 0.1) is 39.2 Å². The number of rotatable bonds is 7. The molecule has 2 aromatic heterocycles. The van der Waals surface area contributed by atoms with E-state index in [9.17, 15) is 13.2 Å². The Morgan fingerprint density at radius 3 is 2.58 bits per heavy atom. The first-order valence-corrected chi connectivity index (χ1v) is 12.2. The highest BCUT2D eigenvalue weighted by molar-refractivity contribution is 7.90. The van der Waals surface area contributed by atoms with E-state index >= 15 is 0 Å². The maximum absolute atomic E-state index is 13.0. The molecule has 0 saturated carbocycles. The van der Waals surface area contributed by atoms with E-state index in [0.29, 0.717) is 39.0 Å². The zero-order valence-corrected chi connectivity index (χ0v) is 19.6. The summed E-state index contributed by atoms with van der Waals surface area (Å²) in [4.78, 5) is 16.9. The lowest BCUT2D eigenvalue weighted by atomic mass is 10.0. The van der Waals surface area contributed by atoms with Crippen LogP contribution in [-0.2, 0) is 9.84 Å². The Hall–Kier alpha value is -2.42. The van der Waals surface area contributed by atoms with Crippen molar-refractivity contribution in [3.05, 3.63) is 69.6 Å². The average Bonchev–Trinajstić information content (AvgIpc) is 3.10. The maximum Gasteiger partial charge on any atom is 0.255 e. The molecule has 7 nitrogen and oxygen atoms in total. The molecule has 1 N–H and O–H groups in total. The first-order valence-electron chi connectivity index (χ1n) is 9.58. The predicted octanol–water partition coefficient (Wildman–Crippen LogP) is 4.56. The molecule has 1 aromatic carbocycles. The predicted molar refractivity (Wildman–Crippen MR) is 121 cm³/mol. The maximum atomic E-state index is 13.0. The summed E-state index contributed by atoms with van der Waals surface area (Å²) in [5, 5.41) is 8.11. The molecule has 1 atom stereocenters. The van der Waals surface area contributed by atoms with Crippen LogP contribution >= 0.6 is 23.2 Å². The van der Waals surface area contributed by atoms with Crippen LogP contribution in [0.5, 0.6) is 0 Å².